The second-order valence-electron chi connectivity index (χ2n) is 4.92. The number of rotatable bonds is 2. The summed E-state index contributed by atoms with van der Waals surface area (Å²) in [5.41, 5.74) is 0.459. The van der Waals surface area contributed by atoms with Crippen molar-refractivity contribution in [1.29, 1.82) is 0 Å². The zero-order valence-corrected chi connectivity index (χ0v) is 12.0. The molecule has 0 aliphatic carbocycles. The molecule has 0 spiro atoms. The van der Waals surface area contributed by atoms with Crippen LogP contribution in [0, 0.1) is 0 Å². The zero-order chi connectivity index (χ0) is 15.0. The second-order valence-corrected chi connectivity index (χ2v) is 5.33. The number of carboxylic acids is 1. The van der Waals surface area contributed by atoms with E-state index in [1.807, 2.05) is 30.3 Å². The van der Waals surface area contributed by atoms with Crippen LogP contribution >= 0.6 is 11.6 Å². The molecule has 1 heterocycles. The lowest BCUT2D eigenvalue weighted by molar-refractivity contribution is -0.201. The Morgan fingerprint density at radius 2 is 1.90 bits per heavy atom. The van der Waals surface area contributed by atoms with E-state index in [0.29, 0.717) is 16.3 Å². The quantitative estimate of drug-likeness (QED) is 0.923. The molecule has 0 amide bonds. The lowest BCUT2D eigenvalue weighted by Gasteiger charge is -2.39. The van der Waals surface area contributed by atoms with E-state index in [-0.39, 0.29) is 0 Å². The van der Waals surface area contributed by atoms with Crippen LogP contribution in [-0.4, -0.2) is 17.4 Å². The van der Waals surface area contributed by atoms with E-state index in [4.69, 9.17) is 21.1 Å². The fraction of sp³-hybridized carbons (Fsp3) is 0.188. The highest BCUT2D eigenvalue weighted by Crippen LogP contribution is 2.46. The maximum atomic E-state index is 11.3. The maximum Gasteiger partial charge on any atom is 0.373 e. The van der Waals surface area contributed by atoms with Crippen molar-refractivity contribution >= 4 is 17.6 Å². The molecule has 0 saturated carbocycles. The summed E-state index contributed by atoms with van der Waals surface area (Å²) in [6.07, 6.45) is -1.37. The molecule has 4 nitrogen and oxygen atoms in total. The van der Waals surface area contributed by atoms with Crippen LogP contribution in [0.3, 0.4) is 0 Å². The summed E-state index contributed by atoms with van der Waals surface area (Å²) in [6, 6.07) is 14.5. The summed E-state index contributed by atoms with van der Waals surface area (Å²) in [6.45, 7) is 1.80. The minimum atomic E-state index is -1.37. The number of carbonyl (C=O) groups is 1. The van der Waals surface area contributed by atoms with E-state index in [0.717, 1.165) is 5.56 Å². The Bertz CT molecular complexity index is 686. The second kappa shape index (κ2) is 5.06. The van der Waals surface area contributed by atoms with Crippen LogP contribution in [0.15, 0.2) is 48.5 Å². The molecule has 1 N–H and O–H groups in total. The van der Waals surface area contributed by atoms with Gasteiger partial charge in [0.15, 0.2) is 0 Å². The molecule has 1 aliphatic rings. The molecule has 2 aromatic carbocycles. The van der Waals surface area contributed by atoms with Crippen LogP contribution in [0.25, 0.3) is 0 Å². The molecule has 5 heteroatoms. The predicted molar refractivity (Wildman–Crippen MR) is 77.5 cm³/mol. The molecular formula is C16H13ClO4. The zero-order valence-electron chi connectivity index (χ0n) is 11.2. The van der Waals surface area contributed by atoms with E-state index < -0.39 is 17.9 Å². The SMILES string of the molecule is CC1(c2ccccc2)OC(C(=O)O)Oc2cccc(Cl)c21. The number of hydrogen-bond donors (Lipinski definition) is 1. The number of hydrogen-bond acceptors (Lipinski definition) is 3. The lowest BCUT2D eigenvalue weighted by Crippen LogP contribution is -2.44. The number of aliphatic carboxylic acids is 1. The third-order valence-corrected chi connectivity index (χ3v) is 3.87. The summed E-state index contributed by atoms with van der Waals surface area (Å²) in [5.74, 6) is -0.754. The van der Waals surface area contributed by atoms with Gasteiger partial charge < -0.3 is 14.6 Å². The van der Waals surface area contributed by atoms with Gasteiger partial charge in [-0.1, -0.05) is 48.0 Å². The van der Waals surface area contributed by atoms with E-state index in [1.54, 1.807) is 25.1 Å². The summed E-state index contributed by atoms with van der Waals surface area (Å²) in [5, 5.41) is 9.70. The topological polar surface area (TPSA) is 55.8 Å². The van der Waals surface area contributed by atoms with E-state index in [9.17, 15) is 9.90 Å². The van der Waals surface area contributed by atoms with E-state index in [2.05, 4.69) is 0 Å². The van der Waals surface area contributed by atoms with Crippen LogP contribution in [0.1, 0.15) is 18.1 Å². The average Bonchev–Trinajstić information content (AvgIpc) is 2.47. The Balaban J connectivity index is 2.22. The number of ether oxygens (including phenoxy) is 2. The van der Waals surface area contributed by atoms with Gasteiger partial charge in [-0.2, -0.15) is 0 Å². The third kappa shape index (κ3) is 2.26. The normalized spacial score (nSPS) is 24.0. The van der Waals surface area contributed by atoms with Crippen LogP contribution < -0.4 is 4.74 Å². The first-order valence-electron chi connectivity index (χ1n) is 6.44. The molecule has 3 rings (SSSR count). The van der Waals surface area contributed by atoms with Crippen molar-refractivity contribution in [2.24, 2.45) is 0 Å². The van der Waals surface area contributed by atoms with Crippen molar-refractivity contribution in [2.75, 3.05) is 0 Å². The van der Waals surface area contributed by atoms with Crippen LogP contribution in [0.2, 0.25) is 5.02 Å². The predicted octanol–water partition coefficient (Wildman–Crippen LogP) is 3.42. The van der Waals surface area contributed by atoms with Crippen LogP contribution in [0.4, 0.5) is 0 Å². The molecule has 1 aliphatic heterocycles. The maximum absolute atomic E-state index is 11.3. The summed E-state index contributed by atoms with van der Waals surface area (Å²) >= 11 is 6.30. The standard InChI is InChI=1S/C16H13ClO4/c1-16(10-6-3-2-4-7-10)13-11(17)8-5-9-12(13)20-15(21-16)14(18)19/h2-9,15H,1H3,(H,18,19). The first-order valence-corrected chi connectivity index (χ1v) is 6.82. The number of benzene rings is 2. The van der Waals surface area contributed by atoms with Crippen molar-refractivity contribution in [3.8, 4) is 5.75 Å². The lowest BCUT2D eigenvalue weighted by atomic mass is 9.86. The highest BCUT2D eigenvalue weighted by atomic mass is 35.5. The Morgan fingerprint density at radius 3 is 2.57 bits per heavy atom. The van der Waals surface area contributed by atoms with Crippen LogP contribution in [0.5, 0.6) is 5.75 Å². The molecular weight excluding hydrogens is 292 g/mol. The molecule has 2 aromatic rings. The summed E-state index contributed by atoms with van der Waals surface area (Å²) < 4.78 is 11.1. The molecule has 0 radical (unpaired) electrons. The average molecular weight is 305 g/mol. The summed E-state index contributed by atoms with van der Waals surface area (Å²) in [7, 11) is 0. The number of halogens is 1. The Morgan fingerprint density at radius 1 is 1.19 bits per heavy atom. The van der Waals surface area contributed by atoms with Crippen molar-refractivity contribution in [1.82, 2.24) is 0 Å². The molecule has 108 valence electrons. The van der Waals surface area contributed by atoms with Gasteiger partial charge in [-0.25, -0.2) is 4.79 Å². The molecule has 21 heavy (non-hydrogen) atoms. The molecule has 0 bridgehead atoms. The van der Waals surface area contributed by atoms with Gasteiger partial charge in [-0.15, -0.1) is 0 Å². The number of carboxylic acid groups (broad SMARTS) is 1. The summed E-state index contributed by atoms with van der Waals surface area (Å²) in [4.78, 5) is 11.3. The molecule has 0 saturated heterocycles. The first kappa shape index (κ1) is 13.9. The van der Waals surface area contributed by atoms with Crippen molar-refractivity contribution in [3.63, 3.8) is 0 Å². The fourth-order valence-electron chi connectivity index (χ4n) is 2.55. The van der Waals surface area contributed by atoms with Crippen LogP contribution in [-0.2, 0) is 15.1 Å². The van der Waals surface area contributed by atoms with Gasteiger partial charge in [0.05, 0.1) is 5.02 Å². The largest absolute Gasteiger partial charge is 0.477 e. The smallest absolute Gasteiger partial charge is 0.373 e. The third-order valence-electron chi connectivity index (χ3n) is 3.56. The van der Waals surface area contributed by atoms with Crippen molar-refractivity contribution < 1.29 is 19.4 Å². The fourth-order valence-corrected chi connectivity index (χ4v) is 2.89. The van der Waals surface area contributed by atoms with Gasteiger partial charge >= 0.3 is 5.97 Å². The van der Waals surface area contributed by atoms with E-state index in [1.165, 1.54) is 0 Å². The minimum absolute atomic E-state index is 0.424. The van der Waals surface area contributed by atoms with E-state index >= 15 is 0 Å². The molecule has 2 atom stereocenters. The monoisotopic (exact) mass is 304 g/mol. The Labute approximate surface area is 126 Å². The first-order chi connectivity index (χ1) is 10.0. The van der Waals surface area contributed by atoms with Gasteiger partial charge in [-0.05, 0) is 24.6 Å². The Kier molecular flexibility index (Phi) is 3.35. The van der Waals surface area contributed by atoms with Gasteiger partial charge in [-0.3, -0.25) is 0 Å². The Hall–Kier alpha value is -2.04. The van der Waals surface area contributed by atoms with Gasteiger partial charge in [0.25, 0.3) is 6.29 Å². The number of fused-ring (bicyclic) bond motifs is 1. The van der Waals surface area contributed by atoms with Crippen molar-refractivity contribution in [3.05, 3.63) is 64.7 Å². The van der Waals surface area contributed by atoms with Gasteiger partial charge in [0.2, 0.25) is 0 Å². The van der Waals surface area contributed by atoms with Crippen molar-refractivity contribution in [2.45, 2.75) is 18.8 Å². The minimum Gasteiger partial charge on any atom is -0.477 e. The highest BCUT2D eigenvalue weighted by Gasteiger charge is 2.44. The highest BCUT2D eigenvalue weighted by molar-refractivity contribution is 6.31. The molecule has 0 aromatic heterocycles. The molecule has 0 fully saturated rings. The molecule has 2 unspecified atom stereocenters. The van der Waals surface area contributed by atoms with Gasteiger partial charge in [0, 0.05) is 5.56 Å². The van der Waals surface area contributed by atoms with Gasteiger partial charge in [0.1, 0.15) is 11.4 Å².